The molecular formula is C21H28N4O4. The van der Waals surface area contributed by atoms with Crippen LogP contribution in [0.3, 0.4) is 0 Å². The van der Waals surface area contributed by atoms with E-state index in [1.54, 1.807) is 11.0 Å². The van der Waals surface area contributed by atoms with Gasteiger partial charge in [0.1, 0.15) is 0 Å². The van der Waals surface area contributed by atoms with Crippen LogP contribution >= 0.6 is 0 Å². The van der Waals surface area contributed by atoms with Gasteiger partial charge in [0.15, 0.2) is 0 Å². The number of carboxylic acids is 1. The number of aromatic carboxylic acids is 1. The minimum absolute atomic E-state index is 0.0121. The maximum Gasteiger partial charge on any atom is 0.336 e. The number of aliphatic imine (C=N–C) groups is 1. The molecule has 1 aliphatic heterocycles. The first kappa shape index (κ1) is 21.0. The Morgan fingerprint density at radius 3 is 2.83 bits per heavy atom. The Kier molecular flexibility index (Phi) is 5.75. The second kappa shape index (κ2) is 7.95. The number of nitrogens with zero attached hydrogens (tertiary/aromatic N) is 3. The first-order valence-electron chi connectivity index (χ1n) is 9.92. The van der Waals surface area contributed by atoms with Gasteiger partial charge in [-0.3, -0.25) is 4.98 Å². The lowest BCUT2D eigenvalue weighted by Crippen LogP contribution is -2.52. The van der Waals surface area contributed by atoms with Crippen molar-refractivity contribution in [3.8, 4) is 0 Å². The van der Waals surface area contributed by atoms with Gasteiger partial charge in [0.05, 0.1) is 18.7 Å². The number of rotatable bonds is 4. The van der Waals surface area contributed by atoms with Crippen LogP contribution in [-0.4, -0.2) is 52.2 Å². The van der Waals surface area contributed by atoms with Crippen molar-refractivity contribution in [2.45, 2.75) is 59.0 Å². The van der Waals surface area contributed by atoms with E-state index in [0.29, 0.717) is 25.1 Å². The molecule has 0 bridgehead atoms. The number of aromatic nitrogens is 1. The zero-order valence-electron chi connectivity index (χ0n) is 17.2. The lowest BCUT2D eigenvalue weighted by Gasteiger charge is -2.46. The average Bonchev–Trinajstić information content (AvgIpc) is 2.63. The lowest BCUT2D eigenvalue weighted by atomic mass is 9.62. The van der Waals surface area contributed by atoms with Gasteiger partial charge in [-0.1, -0.05) is 20.8 Å². The van der Waals surface area contributed by atoms with Crippen molar-refractivity contribution in [3.63, 3.8) is 0 Å². The number of urea groups is 1. The Hall–Kier alpha value is -2.73. The number of carbonyl (C=O) groups is 2. The van der Waals surface area contributed by atoms with Gasteiger partial charge < -0.3 is 15.3 Å². The van der Waals surface area contributed by atoms with Gasteiger partial charge in [0.25, 0.3) is 0 Å². The van der Waals surface area contributed by atoms with Gasteiger partial charge in [0.2, 0.25) is 6.08 Å². The number of hydrogen-bond donors (Lipinski definition) is 2. The maximum atomic E-state index is 13.0. The molecule has 2 unspecified atom stereocenters. The van der Waals surface area contributed by atoms with Gasteiger partial charge in [-0.2, -0.15) is 0 Å². The normalized spacial score (nSPS) is 25.5. The molecule has 1 aromatic heterocycles. The molecule has 0 radical (unpaired) electrons. The van der Waals surface area contributed by atoms with Crippen LogP contribution in [0.2, 0.25) is 0 Å². The van der Waals surface area contributed by atoms with Crippen LogP contribution in [0, 0.1) is 10.8 Å². The molecule has 2 aliphatic rings. The monoisotopic (exact) mass is 400 g/mol. The highest BCUT2D eigenvalue weighted by atomic mass is 16.4. The van der Waals surface area contributed by atoms with Crippen LogP contribution in [0.1, 0.15) is 61.6 Å². The van der Waals surface area contributed by atoms with Crippen LogP contribution in [0.5, 0.6) is 0 Å². The van der Waals surface area contributed by atoms with E-state index < -0.39 is 5.97 Å². The second-order valence-electron chi connectivity index (χ2n) is 9.37. The number of hydrogen-bond acceptors (Lipinski definition) is 5. The molecule has 3 rings (SSSR count). The molecule has 0 spiro atoms. The summed E-state index contributed by atoms with van der Waals surface area (Å²) in [4.78, 5) is 44.8. The first-order chi connectivity index (χ1) is 13.6. The minimum Gasteiger partial charge on any atom is -0.478 e. The van der Waals surface area contributed by atoms with Gasteiger partial charge in [-0.15, -0.1) is 0 Å². The van der Waals surface area contributed by atoms with Crippen molar-refractivity contribution in [2.75, 3.05) is 13.1 Å². The summed E-state index contributed by atoms with van der Waals surface area (Å²) in [6.45, 7) is 7.55. The smallest absolute Gasteiger partial charge is 0.336 e. The average molecular weight is 400 g/mol. The minimum atomic E-state index is -1.01. The Morgan fingerprint density at radius 2 is 2.14 bits per heavy atom. The van der Waals surface area contributed by atoms with Crippen molar-refractivity contribution in [2.24, 2.45) is 15.8 Å². The molecule has 1 saturated carbocycles. The largest absolute Gasteiger partial charge is 0.478 e. The van der Waals surface area contributed by atoms with Crippen molar-refractivity contribution in [1.29, 1.82) is 0 Å². The topological polar surface area (TPSA) is 112 Å². The van der Waals surface area contributed by atoms with Crippen molar-refractivity contribution >= 4 is 18.1 Å². The van der Waals surface area contributed by atoms with Gasteiger partial charge in [-0.05, 0) is 36.2 Å². The number of fused-ring (bicyclic) bond motifs is 1. The van der Waals surface area contributed by atoms with Gasteiger partial charge >= 0.3 is 12.0 Å². The van der Waals surface area contributed by atoms with E-state index in [4.69, 9.17) is 0 Å². The molecule has 1 aromatic rings. The predicted molar refractivity (Wildman–Crippen MR) is 106 cm³/mol. The van der Waals surface area contributed by atoms with Gasteiger partial charge in [0, 0.05) is 36.5 Å². The van der Waals surface area contributed by atoms with Crippen LogP contribution in [-0.2, 0) is 17.8 Å². The number of amides is 2. The first-order valence-corrected chi connectivity index (χ1v) is 9.92. The van der Waals surface area contributed by atoms with Crippen LogP contribution in [0.25, 0.3) is 0 Å². The molecule has 8 heteroatoms. The Labute approximate surface area is 170 Å². The number of pyridine rings is 1. The highest BCUT2D eigenvalue weighted by Gasteiger charge is 2.42. The molecule has 1 fully saturated rings. The van der Waals surface area contributed by atoms with E-state index in [0.717, 1.165) is 25.0 Å². The fraction of sp³-hybridized carbons (Fsp3) is 0.619. The summed E-state index contributed by atoms with van der Waals surface area (Å²) in [5.41, 5.74) is 1.39. The Bertz CT molecular complexity index is 862. The highest BCUT2D eigenvalue weighted by Crippen LogP contribution is 2.46. The molecule has 156 valence electrons. The van der Waals surface area contributed by atoms with Crippen LogP contribution in [0.4, 0.5) is 4.79 Å². The van der Waals surface area contributed by atoms with E-state index in [2.05, 4.69) is 36.1 Å². The molecule has 2 N–H and O–H groups in total. The van der Waals surface area contributed by atoms with E-state index in [1.807, 2.05) is 0 Å². The molecule has 2 heterocycles. The standard InChI is InChI=1S/C21H28N4O4/c1-20(2)8-14(9-21(3,11-20)12-22-13-26)24-19(29)25-7-5-17-16(10-25)15(18(27)28)4-6-23-17/h4,6,14H,5,7-12H2,1-3H3,(H,24,29)(H,27,28). The van der Waals surface area contributed by atoms with E-state index in [-0.39, 0.29) is 35.0 Å². The summed E-state index contributed by atoms with van der Waals surface area (Å²) >= 11 is 0. The molecule has 0 saturated heterocycles. The third kappa shape index (κ3) is 4.82. The van der Waals surface area contributed by atoms with Crippen LogP contribution in [0.15, 0.2) is 17.3 Å². The summed E-state index contributed by atoms with van der Waals surface area (Å²) in [5.74, 6) is -1.01. The quantitative estimate of drug-likeness (QED) is 0.596. The maximum absolute atomic E-state index is 13.0. The lowest BCUT2D eigenvalue weighted by molar-refractivity contribution is 0.0689. The Balaban J connectivity index is 1.72. The third-order valence-corrected chi connectivity index (χ3v) is 5.93. The Morgan fingerprint density at radius 1 is 1.38 bits per heavy atom. The molecule has 2 amide bonds. The molecule has 8 nitrogen and oxygen atoms in total. The predicted octanol–water partition coefficient (Wildman–Crippen LogP) is 2.77. The SMILES string of the molecule is CC1(C)CC(NC(=O)N2CCc3nccc(C(=O)O)c3C2)CC(C)(CN=C=O)C1. The fourth-order valence-corrected chi connectivity index (χ4v) is 5.16. The molecular weight excluding hydrogens is 372 g/mol. The molecule has 2 atom stereocenters. The van der Waals surface area contributed by atoms with Crippen molar-refractivity contribution < 1.29 is 19.5 Å². The number of carboxylic acid groups (broad SMARTS) is 1. The number of isocyanates is 1. The third-order valence-electron chi connectivity index (χ3n) is 5.93. The summed E-state index contributed by atoms with van der Waals surface area (Å²) < 4.78 is 0. The van der Waals surface area contributed by atoms with Crippen LogP contribution < -0.4 is 5.32 Å². The highest BCUT2D eigenvalue weighted by molar-refractivity contribution is 5.90. The van der Waals surface area contributed by atoms with Crippen molar-refractivity contribution in [3.05, 3.63) is 29.1 Å². The van der Waals surface area contributed by atoms with E-state index in [9.17, 15) is 19.5 Å². The second-order valence-corrected chi connectivity index (χ2v) is 9.37. The summed E-state index contributed by atoms with van der Waals surface area (Å²) in [5, 5.41) is 12.6. The van der Waals surface area contributed by atoms with Gasteiger partial charge in [-0.25, -0.2) is 19.4 Å². The summed E-state index contributed by atoms with van der Waals surface area (Å²) in [6.07, 6.45) is 6.16. The fourth-order valence-electron chi connectivity index (χ4n) is 5.16. The molecule has 1 aliphatic carbocycles. The molecule has 29 heavy (non-hydrogen) atoms. The summed E-state index contributed by atoms with van der Waals surface area (Å²) in [6, 6.07) is 1.25. The van der Waals surface area contributed by atoms with E-state index in [1.165, 1.54) is 12.3 Å². The summed E-state index contributed by atoms with van der Waals surface area (Å²) in [7, 11) is 0. The van der Waals surface area contributed by atoms with Crippen molar-refractivity contribution in [1.82, 2.24) is 15.2 Å². The number of nitrogens with one attached hydrogen (secondary N) is 1. The zero-order chi connectivity index (χ0) is 21.2. The number of carbonyl (C=O) groups excluding carboxylic acids is 2. The van der Waals surface area contributed by atoms with E-state index >= 15 is 0 Å². The zero-order valence-corrected chi connectivity index (χ0v) is 17.2. The molecule has 0 aromatic carbocycles.